The molecule has 106 valence electrons. The molecule has 1 aliphatic heterocycles. The van der Waals surface area contributed by atoms with E-state index in [1.807, 2.05) is 24.3 Å². The van der Waals surface area contributed by atoms with Crippen LogP contribution in [-0.2, 0) is 11.2 Å². The van der Waals surface area contributed by atoms with Gasteiger partial charge in [-0.15, -0.1) is 0 Å². The molecule has 2 heterocycles. The zero-order valence-electron chi connectivity index (χ0n) is 11.5. The highest BCUT2D eigenvalue weighted by molar-refractivity contribution is 6.00. The second kappa shape index (κ2) is 5.75. The van der Waals surface area contributed by atoms with Crippen LogP contribution in [-0.4, -0.2) is 29.9 Å². The summed E-state index contributed by atoms with van der Waals surface area (Å²) in [6, 6.07) is 12.9. The maximum absolute atomic E-state index is 12.2. The van der Waals surface area contributed by atoms with E-state index >= 15 is 0 Å². The van der Waals surface area contributed by atoms with Crippen molar-refractivity contribution >= 4 is 17.5 Å². The molecule has 0 spiro atoms. The number of nitrogens with one attached hydrogen (secondary N) is 1. The van der Waals surface area contributed by atoms with Crippen LogP contribution in [0.4, 0.5) is 5.69 Å². The summed E-state index contributed by atoms with van der Waals surface area (Å²) >= 11 is 0. The number of hydrogen-bond donors (Lipinski definition) is 1. The van der Waals surface area contributed by atoms with Crippen LogP contribution in [0.15, 0.2) is 48.7 Å². The SMILES string of the molecule is O=C(NCC(=O)N1CCc2ccccc21)c1ccccn1. The average molecular weight is 281 g/mol. The van der Waals surface area contributed by atoms with Gasteiger partial charge in [-0.05, 0) is 30.2 Å². The van der Waals surface area contributed by atoms with E-state index in [1.54, 1.807) is 29.3 Å². The number of benzene rings is 1. The molecular weight excluding hydrogens is 266 g/mol. The van der Waals surface area contributed by atoms with Gasteiger partial charge >= 0.3 is 0 Å². The topological polar surface area (TPSA) is 62.3 Å². The third-order valence-corrected chi connectivity index (χ3v) is 3.49. The predicted molar refractivity (Wildman–Crippen MR) is 79.1 cm³/mol. The van der Waals surface area contributed by atoms with E-state index < -0.39 is 0 Å². The molecule has 0 unspecified atom stereocenters. The van der Waals surface area contributed by atoms with Crippen molar-refractivity contribution in [2.75, 3.05) is 18.0 Å². The van der Waals surface area contributed by atoms with Gasteiger partial charge in [-0.1, -0.05) is 24.3 Å². The molecule has 2 amide bonds. The van der Waals surface area contributed by atoms with Crippen LogP contribution >= 0.6 is 0 Å². The number of anilines is 1. The molecule has 1 aromatic carbocycles. The van der Waals surface area contributed by atoms with Crippen molar-refractivity contribution in [2.24, 2.45) is 0 Å². The number of aromatic nitrogens is 1. The number of para-hydroxylation sites is 1. The summed E-state index contributed by atoms with van der Waals surface area (Å²) in [6.45, 7) is 0.640. The highest BCUT2D eigenvalue weighted by atomic mass is 16.2. The quantitative estimate of drug-likeness (QED) is 0.925. The molecule has 5 nitrogen and oxygen atoms in total. The highest BCUT2D eigenvalue weighted by Crippen LogP contribution is 2.27. The lowest BCUT2D eigenvalue weighted by atomic mass is 10.2. The molecule has 0 atom stereocenters. The Labute approximate surface area is 122 Å². The minimum absolute atomic E-state index is 0.0241. The number of amides is 2. The average Bonchev–Trinajstić information content (AvgIpc) is 2.97. The summed E-state index contributed by atoms with van der Waals surface area (Å²) in [6.07, 6.45) is 2.41. The fourth-order valence-corrected chi connectivity index (χ4v) is 2.44. The second-order valence-electron chi connectivity index (χ2n) is 4.82. The number of fused-ring (bicyclic) bond motifs is 1. The number of carbonyl (C=O) groups is 2. The Balaban J connectivity index is 1.62. The van der Waals surface area contributed by atoms with Gasteiger partial charge in [0.1, 0.15) is 5.69 Å². The van der Waals surface area contributed by atoms with Crippen LogP contribution in [0, 0.1) is 0 Å². The molecule has 0 bridgehead atoms. The zero-order chi connectivity index (χ0) is 14.7. The zero-order valence-corrected chi connectivity index (χ0v) is 11.5. The first-order chi connectivity index (χ1) is 10.3. The Hall–Kier alpha value is -2.69. The van der Waals surface area contributed by atoms with Crippen LogP contribution in [0.25, 0.3) is 0 Å². The molecular formula is C16H15N3O2. The van der Waals surface area contributed by atoms with Crippen LogP contribution in [0.5, 0.6) is 0 Å². The lowest BCUT2D eigenvalue weighted by Crippen LogP contribution is -2.39. The van der Waals surface area contributed by atoms with Crippen LogP contribution < -0.4 is 10.2 Å². The number of pyridine rings is 1. The number of carbonyl (C=O) groups excluding carboxylic acids is 2. The molecule has 1 N–H and O–H groups in total. The summed E-state index contributed by atoms with van der Waals surface area (Å²) in [4.78, 5) is 29.8. The fourth-order valence-electron chi connectivity index (χ4n) is 2.44. The van der Waals surface area contributed by atoms with Gasteiger partial charge in [-0.3, -0.25) is 14.6 Å². The smallest absolute Gasteiger partial charge is 0.270 e. The van der Waals surface area contributed by atoms with Gasteiger partial charge in [0, 0.05) is 18.4 Å². The fraction of sp³-hybridized carbons (Fsp3) is 0.188. The Morgan fingerprint density at radius 3 is 2.76 bits per heavy atom. The van der Waals surface area contributed by atoms with Crippen molar-refractivity contribution in [3.8, 4) is 0 Å². The summed E-state index contributed by atoms with van der Waals surface area (Å²) in [5, 5.41) is 2.61. The maximum atomic E-state index is 12.2. The Morgan fingerprint density at radius 1 is 1.14 bits per heavy atom. The predicted octanol–water partition coefficient (Wildman–Crippen LogP) is 1.40. The lowest BCUT2D eigenvalue weighted by molar-refractivity contribution is -0.117. The van der Waals surface area contributed by atoms with Gasteiger partial charge in [-0.25, -0.2) is 0 Å². The molecule has 0 fully saturated rings. The van der Waals surface area contributed by atoms with Gasteiger partial charge in [0.2, 0.25) is 5.91 Å². The van der Waals surface area contributed by atoms with Crippen LogP contribution in [0.3, 0.4) is 0 Å². The van der Waals surface area contributed by atoms with Crippen molar-refractivity contribution in [2.45, 2.75) is 6.42 Å². The molecule has 0 aliphatic carbocycles. The lowest BCUT2D eigenvalue weighted by Gasteiger charge is -2.17. The maximum Gasteiger partial charge on any atom is 0.270 e. The summed E-state index contributed by atoms with van der Waals surface area (Å²) in [7, 11) is 0. The largest absolute Gasteiger partial charge is 0.342 e. The van der Waals surface area contributed by atoms with Crippen molar-refractivity contribution in [3.63, 3.8) is 0 Å². The van der Waals surface area contributed by atoms with E-state index in [-0.39, 0.29) is 18.4 Å². The van der Waals surface area contributed by atoms with E-state index in [4.69, 9.17) is 0 Å². The number of nitrogens with zero attached hydrogens (tertiary/aromatic N) is 2. The third-order valence-electron chi connectivity index (χ3n) is 3.49. The van der Waals surface area contributed by atoms with Crippen molar-refractivity contribution < 1.29 is 9.59 Å². The van der Waals surface area contributed by atoms with E-state index in [0.717, 1.165) is 12.1 Å². The highest BCUT2D eigenvalue weighted by Gasteiger charge is 2.24. The minimum Gasteiger partial charge on any atom is -0.342 e. The van der Waals surface area contributed by atoms with Crippen molar-refractivity contribution in [1.82, 2.24) is 10.3 Å². The summed E-state index contributed by atoms with van der Waals surface area (Å²) in [5.41, 5.74) is 2.42. The molecule has 2 aromatic rings. The molecule has 21 heavy (non-hydrogen) atoms. The van der Waals surface area contributed by atoms with E-state index in [1.165, 1.54) is 5.56 Å². The van der Waals surface area contributed by atoms with Crippen molar-refractivity contribution in [3.05, 3.63) is 59.9 Å². The van der Waals surface area contributed by atoms with E-state index in [2.05, 4.69) is 10.3 Å². The molecule has 5 heteroatoms. The van der Waals surface area contributed by atoms with E-state index in [0.29, 0.717) is 12.2 Å². The number of hydrogen-bond acceptors (Lipinski definition) is 3. The van der Waals surface area contributed by atoms with E-state index in [9.17, 15) is 9.59 Å². The van der Waals surface area contributed by atoms with Gasteiger partial charge in [0.25, 0.3) is 5.91 Å². The summed E-state index contributed by atoms with van der Waals surface area (Å²) in [5.74, 6) is -0.444. The summed E-state index contributed by atoms with van der Waals surface area (Å²) < 4.78 is 0. The normalized spacial score (nSPS) is 12.9. The molecule has 1 aliphatic rings. The Bertz CT molecular complexity index is 670. The van der Waals surface area contributed by atoms with Gasteiger partial charge < -0.3 is 10.2 Å². The molecule has 1 aromatic heterocycles. The second-order valence-corrected chi connectivity index (χ2v) is 4.82. The Morgan fingerprint density at radius 2 is 1.95 bits per heavy atom. The molecule has 0 saturated carbocycles. The van der Waals surface area contributed by atoms with Gasteiger partial charge in [0.15, 0.2) is 0 Å². The monoisotopic (exact) mass is 281 g/mol. The van der Waals surface area contributed by atoms with Gasteiger partial charge in [-0.2, -0.15) is 0 Å². The van der Waals surface area contributed by atoms with Crippen molar-refractivity contribution in [1.29, 1.82) is 0 Å². The minimum atomic E-state index is -0.337. The van der Waals surface area contributed by atoms with Crippen LogP contribution in [0.1, 0.15) is 16.1 Å². The standard InChI is InChI=1S/C16H15N3O2/c20-15(11-18-16(21)13-6-3-4-9-17-13)19-10-8-12-5-1-2-7-14(12)19/h1-7,9H,8,10-11H2,(H,18,21). The molecule has 3 rings (SSSR count). The number of rotatable bonds is 3. The first kappa shape index (κ1) is 13.3. The van der Waals surface area contributed by atoms with Crippen LogP contribution in [0.2, 0.25) is 0 Å². The molecule has 0 saturated heterocycles. The first-order valence-corrected chi connectivity index (χ1v) is 6.83. The third kappa shape index (κ3) is 2.76. The molecule has 0 radical (unpaired) electrons. The Kier molecular flexibility index (Phi) is 3.64. The first-order valence-electron chi connectivity index (χ1n) is 6.83. The van der Waals surface area contributed by atoms with Gasteiger partial charge in [0.05, 0.1) is 6.54 Å².